The van der Waals surface area contributed by atoms with Gasteiger partial charge in [-0.3, -0.25) is 4.79 Å². The molecule has 90 valence electrons. The molecular weight excluding hydrogens is 208 g/mol. The first-order valence-electron chi connectivity index (χ1n) is 5.22. The summed E-state index contributed by atoms with van der Waals surface area (Å²) in [4.78, 5) is 32.2. The van der Waals surface area contributed by atoms with Gasteiger partial charge < -0.3 is 15.4 Å². The van der Waals surface area contributed by atoms with Crippen molar-refractivity contribution in [1.29, 1.82) is 0 Å². The van der Waals surface area contributed by atoms with Crippen molar-refractivity contribution in [3.8, 4) is 0 Å². The molecule has 0 fully saturated rings. The fourth-order valence-corrected chi connectivity index (χ4v) is 0.953. The van der Waals surface area contributed by atoms with Crippen LogP contribution in [-0.4, -0.2) is 31.2 Å². The van der Waals surface area contributed by atoms with Crippen LogP contribution < -0.4 is 10.6 Å². The number of allylic oxidation sites excluding steroid dienone is 1. The zero-order valence-corrected chi connectivity index (χ0v) is 9.54. The molecule has 2 amide bonds. The summed E-state index contributed by atoms with van der Waals surface area (Å²) in [6, 6.07) is -0.319. The molecule has 0 spiro atoms. The van der Waals surface area contributed by atoms with Gasteiger partial charge in [-0.15, -0.1) is 0 Å². The second kappa shape index (κ2) is 8.64. The van der Waals surface area contributed by atoms with Gasteiger partial charge in [0.25, 0.3) is 0 Å². The molecule has 5 heteroatoms. The second-order valence-electron chi connectivity index (χ2n) is 3.45. The standard InChI is InChI=1S/C11H18N2O3/c1-9(2)10(15)5-7-13-11(16)12-6-3-4-8-14/h8H,1,3-7H2,2H3,(H2,12,13,16). The number of ketones is 1. The summed E-state index contributed by atoms with van der Waals surface area (Å²) in [6.07, 6.45) is 2.14. The highest BCUT2D eigenvalue weighted by Crippen LogP contribution is 1.93. The topological polar surface area (TPSA) is 75.3 Å². The first-order chi connectivity index (χ1) is 7.57. The fourth-order valence-electron chi connectivity index (χ4n) is 0.953. The minimum atomic E-state index is -0.319. The molecule has 0 aliphatic carbocycles. The quantitative estimate of drug-likeness (QED) is 0.365. The second-order valence-corrected chi connectivity index (χ2v) is 3.45. The van der Waals surface area contributed by atoms with Gasteiger partial charge in [0.2, 0.25) is 0 Å². The van der Waals surface area contributed by atoms with Gasteiger partial charge >= 0.3 is 6.03 Å². The predicted molar refractivity (Wildman–Crippen MR) is 61.1 cm³/mol. The largest absolute Gasteiger partial charge is 0.338 e. The third kappa shape index (κ3) is 7.73. The summed E-state index contributed by atoms with van der Waals surface area (Å²) in [5.74, 6) is -0.0544. The number of carbonyl (C=O) groups excluding carboxylic acids is 3. The smallest absolute Gasteiger partial charge is 0.314 e. The van der Waals surface area contributed by atoms with Crippen molar-refractivity contribution in [1.82, 2.24) is 10.6 Å². The Morgan fingerprint density at radius 1 is 1.25 bits per heavy atom. The van der Waals surface area contributed by atoms with Crippen LogP contribution in [0.2, 0.25) is 0 Å². The maximum atomic E-state index is 11.1. The number of hydrogen-bond acceptors (Lipinski definition) is 3. The Hall–Kier alpha value is -1.65. The van der Waals surface area contributed by atoms with E-state index in [0.717, 1.165) is 6.29 Å². The van der Waals surface area contributed by atoms with Gasteiger partial charge in [0.15, 0.2) is 5.78 Å². The van der Waals surface area contributed by atoms with E-state index in [1.165, 1.54) is 0 Å². The van der Waals surface area contributed by atoms with E-state index in [9.17, 15) is 14.4 Å². The molecule has 5 nitrogen and oxygen atoms in total. The van der Waals surface area contributed by atoms with E-state index >= 15 is 0 Å². The molecule has 0 unspecified atom stereocenters. The molecule has 0 saturated carbocycles. The highest BCUT2D eigenvalue weighted by atomic mass is 16.2. The summed E-state index contributed by atoms with van der Waals surface area (Å²) in [7, 11) is 0. The lowest BCUT2D eigenvalue weighted by Crippen LogP contribution is -2.37. The van der Waals surface area contributed by atoms with Gasteiger partial charge in [0, 0.05) is 25.9 Å². The average molecular weight is 226 g/mol. The Morgan fingerprint density at radius 3 is 2.44 bits per heavy atom. The number of unbranched alkanes of at least 4 members (excludes halogenated alkanes) is 1. The molecule has 0 aromatic rings. The van der Waals surface area contributed by atoms with Crippen molar-refractivity contribution in [2.24, 2.45) is 0 Å². The Morgan fingerprint density at radius 2 is 1.88 bits per heavy atom. The third-order valence-electron chi connectivity index (χ3n) is 1.90. The number of urea groups is 1. The summed E-state index contributed by atoms with van der Waals surface area (Å²) >= 11 is 0. The van der Waals surface area contributed by atoms with Gasteiger partial charge in [-0.1, -0.05) is 6.58 Å². The van der Waals surface area contributed by atoms with Crippen molar-refractivity contribution < 1.29 is 14.4 Å². The highest BCUT2D eigenvalue weighted by molar-refractivity contribution is 5.94. The van der Waals surface area contributed by atoms with Crippen LogP contribution in [0.5, 0.6) is 0 Å². The number of hydrogen-bond donors (Lipinski definition) is 2. The summed E-state index contributed by atoms with van der Waals surface area (Å²) in [6.45, 7) is 5.91. The number of carbonyl (C=O) groups is 3. The van der Waals surface area contributed by atoms with Gasteiger partial charge in [-0.05, 0) is 18.9 Å². The predicted octanol–water partition coefficient (Wildman–Crippen LogP) is 0.800. The SMILES string of the molecule is C=C(C)C(=O)CCNC(=O)NCCCC=O. The van der Waals surface area contributed by atoms with Crippen molar-refractivity contribution >= 4 is 18.1 Å². The van der Waals surface area contributed by atoms with E-state index in [-0.39, 0.29) is 18.2 Å². The van der Waals surface area contributed by atoms with Crippen LogP contribution in [0.1, 0.15) is 26.2 Å². The molecule has 0 aromatic heterocycles. The van der Waals surface area contributed by atoms with Crippen LogP contribution in [0.3, 0.4) is 0 Å². The molecule has 0 bridgehead atoms. The number of aldehydes is 1. The summed E-state index contributed by atoms with van der Waals surface area (Å²) in [5, 5.41) is 5.12. The van der Waals surface area contributed by atoms with Crippen molar-refractivity contribution in [3.63, 3.8) is 0 Å². The van der Waals surface area contributed by atoms with E-state index in [0.29, 0.717) is 31.5 Å². The average Bonchev–Trinajstić information content (AvgIpc) is 2.24. The number of amides is 2. The third-order valence-corrected chi connectivity index (χ3v) is 1.90. The molecule has 0 saturated heterocycles. The Kier molecular flexibility index (Phi) is 7.75. The van der Waals surface area contributed by atoms with Crippen molar-refractivity contribution in [2.75, 3.05) is 13.1 Å². The van der Waals surface area contributed by atoms with Crippen molar-refractivity contribution in [3.05, 3.63) is 12.2 Å². The zero-order chi connectivity index (χ0) is 12.4. The van der Waals surface area contributed by atoms with Crippen LogP contribution in [0.25, 0.3) is 0 Å². The normalized spacial score (nSPS) is 9.31. The molecule has 0 atom stereocenters. The van der Waals surface area contributed by atoms with Crippen LogP contribution in [0.15, 0.2) is 12.2 Å². The molecule has 2 N–H and O–H groups in total. The Labute approximate surface area is 95.3 Å². The highest BCUT2D eigenvalue weighted by Gasteiger charge is 2.03. The van der Waals surface area contributed by atoms with E-state index < -0.39 is 0 Å². The summed E-state index contributed by atoms with van der Waals surface area (Å²) < 4.78 is 0. The molecule has 0 rings (SSSR count). The molecule has 0 heterocycles. The van der Waals surface area contributed by atoms with Crippen LogP contribution in [0, 0.1) is 0 Å². The lowest BCUT2D eigenvalue weighted by atomic mass is 10.2. The monoisotopic (exact) mass is 226 g/mol. The molecule has 16 heavy (non-hydrogen) atoms. The minimum absolute atomic E-state index is 0.0544. The first-order valence-corrected chi connectivity index (χ1v) is 5.22. The molecular formula is C11H18N2O3. The maximum absolute atomic E-state index is 11.1. The van der Waals surface area contributed by atoms with Gasteiger partial charge in [0.1, 0.15) is 6.29 Å². The Balaban J connectivity index is 3.47. The van der Waals surface area contributed by atoms with Gasteiger partial charge in [-0.2, -0.15) is 0 Å². The lowest BCUT2D eigenvalue weighted by molar-refractivity contribution is -0.115. The fraction of sp³-hybridized carbons (Fsp3) is 0.545. The van der Waals surface area contributed by atoms with Crippen LogP contribution >= 0.6 is 0 Å². The Bertz CT molecular complexity index is 274. The maximum Gasteiger partial charge on any atom is 0.314 e. The van der Waals surface area contributed by atoms with Gasteiger partial charge in [0.05, 0.1) is 0 Å². The molecule has 0 radical (unpaired) electrons. The van der Waals surface area contributed by atoms with E-state index in [2.05, 4.69) is 17.2 Å². The van der Waals surface area contributed by atoms with Gasteiger partial charge in [-0.25, -0.2) is 4.79 Å². The molecule has 0 aromatic carbocycles. The molecule has 0 aliphatic rings. The molecule has 0 aliphatic heterocycles. The summed E-state index contributed by atoms with van der Waals surface area (Å²) in [5.41, 5.74) is 0.494. The minimum Gasteiger partial charge on any atom is -0.338 e. The van der Waals surface area contributed by atoms with Crippen LogP contribution in [-0.2, 0) is 9.59 Å². The van der Waals surface area contributed by atoms with E-state index in [4.69, 9.17) is 0 Å². The lowest BCUT2D eigenvalue weighted by Gasteiger charge is -2.06. The number of rotatable bonds is 8. The van der Waals surface area contributed by atoms with Crippen LogP contribution in [0.4, 0.5) is 4.79 Å². The number of Topliss-reactive ketones (excluding diaryl/α,β-unsaturated/α-hetero) is 1. The van der Waals surface area contributed by atoms with E-state index in [1.54, 1.807) is 6.92 Å². The van der Waals surface area contributed by atoms with E-state index in [1.807, 2.05) is 0 Å². The van der Waals surface area contributed by atoms with Crippen molar-refractivity contribution in [2.45, 2.75) is 26.2 Å². The zero-order valence-electron chi connectivity index (χ0n) is 9.54. The first kappa shape index (κ1) is 14.3. The number of nitrogens with one attached hydrogen (secondary N) is 2.